The van der Waals surface area contributed by atoms with Gasteiger partial charge in [0.15, 0.2) is 0 Å². The quantitative estimate of drug-likeness (QED) is 0.261. The summed E-state index contributed by atoms with van der Waals surface area (Å²) in [5.41, 5.74) is 5.80. The molecule has 5 rings (SSSR count). The Kier molecular flexibility index (Phi) is 6.86. The third-order valence-electron chi connectivity index (χ3n) is 7.54. The van der Waals surface area contributed by atoms with Crippen LogP contribution >= 0.6 is 0 Å². The zero-order chi connectivity index (χ0) is 25.2. The second-order valence-electron chi connectivity index (χ2n) is 9.82. The number of benzene rings is 3. The molecule has 0 N–H and O–H groups in total. The largest absolute Gasteiger partial charge is 0.493 e. The van der Waals surface area contributed by atoms with Gasteiger partial charge in [0.1, 0.15) is 11.3 Å². The Balaban J connectivity index is 1.61. The van der Waals surface area contributed by atoms with E-state index >= 15 is 0 Å². The second-order valence-corrected chi connectivity index (χ2v) is 9.82. The van der Waals surface area contributed by atoms with Crippen LogP contribution in [-0.4, -0.2) is 30.0 Å². The number of furan rings is 1. The molecule has 3 aromatic carbocycles. The van der Waals surface area contributed by atoms with Crippen molar-refractivity contribution < 1.29 is 13.9 Å². The number of amides is 1. The van der Waals surface area contributed by atoms with Crippen molar-refractivity contribution in [2.24, 2.45) is 0 Å². The standard InChI is InChI=1S/C32H35NO3/c1-5-26-13-9-10-16-33(26)30(34)17-21(3)27-19-28-29(20-36-32(28)22(4)31(27)35-6-2)25-15-14-23-11-7-8-12-24(23)18-25/h7-8,11-12,14-15,17-20,26H,5-6,9-10,13,16H2,1-4H3/b21-17+. The number of ether oxygens (including phenoxy) is 1. The highest BCUT2D eigenvalue weighted by molar-refractivity contribution is 6.02. The van der Waals surface area contributed by atoms with Gasteiger partial charge in [-0.15, -0.1) is 0 Å². The summed E-state index contributed by atoms with van der Waals surface area (Å²) in [6, 6.07) is 17.3. The van der Waals surface area contributed by atoms with Crippen molar-refractivity contribution in [1.29, 1.82) is 0 Å². The van der Waals surface area contributed by atoms with E-state index in [-0.39, 0.29) is 5.91 Å². The maximum absolute atomic E-state index is 13.3. The van der Waals surface area contributed by atoms with Gasteiger partial charge in [-0.05, 0) is 80.5 Å². The molecule has 4 aromatic rings. The summed E-state index contributed by atoms with van der Waals surface area (Å²) in [7, 11) is 0. The molecule has 1 aliphatic heterocycles. The van der Waals surface area contributed by atoms with Gasteiger partial charge in [0, 0.05) is 40.7 Å². The highest BCUT2D eigenvalue weighted by Crippen LogP contribution is 2.41. The molecule has 186 valence electrons. The highest BCUT2D eigenvalue weighted by atomic mass is 16.5. The Hall–Kier alpha value is -3.53. The van der Waals surface area contributed by atoms with Crippen molar-refractivity contribution in [3.63, 3.8) is 0 Å². The Bertz CT molecular complexity index is 1440. The van der Waals surface area contributed by atoms with Crippen LogP contribution in [0.5, 0.6) is 5.75 Å². The van der Waals surface area contributed by atoms with Crippen molar-refractivity contribution >= 4 is 33.2 Å². The molecule has 2 heterocycles. The molecule has 0 saturated carbocycles. The number of carbonyl (C=O) groups excluding carboxylic acids is 1. The van der Waals surface area contributed by atoms with Crippen LogP contribution in [0.2, 0.25) is 0 Å². The second kappa shape index (κ2) is 10.2. The average Bonchev–Trinajstić information content (AvgIpc) is 3.34. The first-order valence-electron chi connectivity index (χ1n) is 13.2. The van der Waals surface area contributed by atoms with E-state index in [0.29, 0.717) is 12.6 Å². The molecule has 1 fully saturated rings. The number of carbonyl (C=O) groups is 1. The fraction of sp³-hybridized carbons (Fsp3) is 0.344. The number of likely N-dealkylation sites (tertiary alicyclic amines) is 1. The maximum atomic E-state index is 13.3. The van der Waals surface area contributed by atoms with Gasteiger partial charge in [-0.2, -0.15) is 0 Å². The van der Waals surface area contributed by atoms with Crippen LogP contribution in [0.25, 0.3) is 38.4 Å². The predicted molar refractivity (Wildman–Crippen MR) is 148 cm³/mol. The summed E-state index contributed by atoms with van der Waals surface area (Å²) in [4.78, 5) is 15.4. The van der Waals surface area contributed by atoms with E-state index in [0.717, 1.165) is 70.4 Å². The van der Waals surface area contributed by atoms with Crippen LogP contribution in [0.3, 0.4) is 0 Å². The third kappa shape index (κ3) is 4.41. The van der Waals surface area contributed by atoms with Crippen molar-refractivity contribution in [3.8, 4) is 16.9 Å². The zero-order valence-corrected chi connectivity index (χ0v) is 21.8. The number of piperidine rings is 1. The molecule has 0 bridgehead atoms. The van der Waals surface area contributed by atoms with Crippen LogP contribution in [0.15, 0.2) is 65.3 Å². The minimum Gasteiger partial charge on any atom is -0.493 e. The van der Waals surface area contributed by atoms with Gasteiger partial charge in [0.25, 0.3) is 0 Å². The molecule has 1 aliphatic rings. The van der Waals surface area contributed by atoms with Gasteiger partial charge >= 0.3 is 0 Å². The Labute approximate surface area is 213 Å². The minimum atomic E-state index is 0.0983. The fourth-order valence-electron chi connectivity index (χ4n) is 5.58. The molecule has 0 aliphatic carbocycles. The zero-order valence-electron chi connectivity index (χ0n) is 21.8. The number of aryl methyl sites for hydroxylation is 1. The smallest absolute Gasteiger partial charge is 0.247 e. The lowest BCUT2D eigenvalue weighted by Crippen LogP contribution is -2.42. The molecule has 1 saturated heterocycles. The van der Waals surface area contributed by atoms with Crippen LogP contribution in [0.4, 0.5) is 0 Å². The van der Waals surface area contributed by atoms with Crippen molar-refractivity contribution in [2.45, 2.75) is 59.4 Å². The summed E-state index contributed by atoms with van der Waals surface area (Å²) in [6.07, 6.45) is 8.01. The molecule has 4 nitrogen and oxygen atoms in total. The lowest BCUT2D eigenvalue weighted by atomic mass is 9.95. The normalized spacial score (nSPS) is 16.6. The lowest BCUT2D eigenvalue weighted by molar-refractivity contribution is -0.129. The highest BCUT2D eigenvalue weighted by Gasteiger charge is 2.25. The summed E-state index contributed by atoms with van der Waals surface area (Å²) in [5.74, 6) is 0.887. The average molecular weight is 482 g/mol. The van der Waals surface area contributed by atoms with E-state index in [2.05, 4.69) is 60.4 Å². The van der Waals surface area contributed by atoms with Gasteiger partial charge in [-0.25, -0.2) is 0 Å². The molecule has 36 heavy (non-hydrogen) atoms. The number of fused-ring (bicyclic) bond motifs is 2. The number of rotatable bonds is 6. The number of nitrogens with zero attached hydrogens (tertiary/aromatic N) is 1. The first-order chi connectivity index (χ1) is 17.5. The summed E-state index contributed by atoms with van der Waals surface area (Å²) in [5, 5.41) is 3.44. The summed E-state index contributed by atoms with van der Waals surface area (Å²) < 4.78 is 12.2. The van der Waals surface area contributed by atoms with Gasteiger partial charge in [-0.1, -0.05) is 43.3 Å². The van der Waals surface area contributed by atoms with E-state index in [1.807, 2.05) is 27.0 Å². The molecule has 1 amide bonds. The van der Waals surface area contributed by atoms with Gasteiger partial charge < -0.3 is 14.1 Å². The first-order valence-corrected chi connectivity index (χ1v) is 13.2. The van der Waals surface area contributed by atoms with E-state index in [1.165, 1.54) is 17.2 Å². The van der Waals surface area contributed by atoms with Crippen LogP contribution < -0.4 is 4.74 Å². The van der Waals surface area contributed by atoms with Crippen molar-refractivity contribution in [3.05, 3.63) is 72.0 Å². The van der Waals surface area contributed by atoms with Crippen LogP contribution in [-0.2, 0) is 4.79 Å². The molecule has 1 unspecified atom stereocenters. The van der Waals surface area contributed by atoms with Crippen LogP contribution in [0, 0.1) is 6.92 Å². The minimum absolute atomic E-state index is 0.0983. The predicted octanol–water partition coefficient (Wildman–Crippen LogP) is 8.15. The first kappa shape index (κ1) is 24.2. The van der Waals surface area contributed by atoms with Crippen molar-refractivity contribution in [2.75, 3.05) is 13.2 Å². The number of hydrogen-bond donors (Lipinski definition) is 0. The van der Waals surface area contributed by atoms with E-state index in [4.69, 9.17) is 9.15 Å². The van der Waals surface area contributed by atoms with E-state index in [1.54, 1.807) is 6.08 Å². The molecule has 0 spiro atoms. The topological polar surface area (TPSA) is 42.7 Å². The van der Waals surface area contributed by atoms with Gasteiger partial charge in [0.05, 0.1) is 12.9 Å². The molecule has 1 atom stereocenters. The van der Waals surface area contributed by atoms with E-state index < -0.39 is 0 Å². The third-order valence-corrected chi connectivity index (χ3v) is 7.54. The summed E-state index contributed by atoms with van der Waals surface area (Å²) in [6.45, 7) is 9.59. The Morgan fingerprint density at radius 3 is 2.69 bits per heavy atom. The van der Waals surface area contributed by atoms with Crippen LogP contribution in [0.1, 0.15) is 57.6 Å². The number of allylic oxidation sites excluding steroid dienone is 1. The SMILES string of the molecule is CCOc1c(/C(C)=C/C(=O)N2CCCCC2CC)cc2c(-c3ccc4ccccc4c3)coc2c1C. The van der Waals surface area contributed by atoms with Gasteiger partial charge in [-0.3, -0.25) is 4.79 Å². The molecule has 1 aromatic heterocycles. The lowest BCUT2D eigenvalue weighted by Gasteiger charge is -2.34. The number of hydrogen-bond acceptors (Lipinski definition) is 3. The van der Waals surface area contributed by atoms with Crippen molar-refractivity contribution in [1.82, 2.24) is 4.90 Å². The Morgan fingerprint density at radius 2 is 1.92 bits per heavy atom. The van der Waals surface area contributed by atoms with Gasteiger partial charge in [0.2, 0.25) is 5.91 Å². The molecular weight excluding hydrogens is 446 g/mol. The molecule has 4 heteroatoms. The molecule has 0 radical (unpaired) electrons. The molecular formula is C32H35NO3. The van der Waals surface area contributed by atoms with E-state index in [9.17, 15) is 4.79 Å². The fourth-order valence-corrected chi connectivity index (χ4v) is 5.58. The monoisotopic (exact) mass is 481 g/mol. The summed E-state index contributed by atoms with van der Waals surface area (Å²) >= 11 is 0. The Morgan fingerprint density at radius 1 is 1.11 bits per heavy atom. The maximum Gasteiger partial charge on any atom is 0.247 e.